The summed E-state index contributed by atoms with van der Waals surface area (Å²) >= 11 is 0. The van der Waals surface area contributed by atoms with Crippen molar-refractivity contribution >= 4 is 11.6 Å². The molecule has 1 heterocycles. The summed E-state index contributed by atoms with van der Waals surface area (Å²) in [6.07, 6.45) is 0.250. The molecule has 0 bridgehead atoms. The molecule has 0 saturated carbocycles. The number of nitrogens with one attached hydrogen (secondary N) is 1. The lowest BCUT2D eigenvalue weighted by atomic mass is 10.1. The Labute approximate surface area is 113 Å². The van der Waals surface area contributed by atoms with Gasteiger partial charge in [0, 0.05) is 24.3 Å². The smallest absolute Gasteiger partial charge is 0.239 e. The predicted octanol–water partition coefficient (Wildman–Crippen LogP) is 1.07. The molecule has 1 aliphatic heterocycles. The third-order valence-electron chi connectivity index (χ3n) is 3.28. The molecule has 5 heteroatoms. The Kier molecular flexibility index (Phi) is 4.27. The molecule has 0 radical (unpaired) electrons. The molecule has 19 heavy (non-hydrogen) atoms. The van der Waals surface area contributed by atoms with Gasteiger partial charge in [0.15, 0.2) is 0 Å². The summed E-state index contributed by atoms with van der Waals surface area (Å²) in [5, 5.41) is 12.8. The number of anilines is 1. The van der Waals surface area contributed by atoms with Crippen LogP contribution < -0.4 is 15.0 Å². The molecule has 1 aromatic rings. The maximum Gasteiger partial charge on any atom is 0.239 e. The van der Waals surface area contributed by atoms with Crippen molar-refractivity contribution < 1.29 is 14.6 Å². The second-order valence-electron chi connectivity index (χ2n) is 4.69. The second-order valence-corrected chi connectivity index (χ2v) is 4.69. The number of ether oxygens (including phenoxy) is 1. The standard InChI is InChI=1S/C14H20N2O3/c1-10(17)14-11(5-3-6-12(14)19-2)16-8-4-7-15-13(18)9-16/h3,5-6,10,17H,4,7-9H2,1-2H3,(H,15,18)/t10-/m1/s1. The average Bonchev–Trinajstić information content (AvgIpc) is 2.62. The van der Waals surface area contributed by atoms with Gasteiger partial charge in [0.1, 0.15) is 5.75 Å². The highest BCUT2D eigenvalue weighted by molar-refractivity contribution is 5.82. The van der Waals surface area contributed by atoms with E-state index in [9.17, 15) is 9.90 Å². The molecule has 2 N–H and O–H groups in total. The van der Waals surface area contributed by atoms with Crippen molar-refractivity contribution in [3.8, 4) is 5.75 Å². The van der Waals surface area contributed by atoms with Crippen molar-refractivity contribution in [3.05, 3.63) is 23.8 Å². The van der Waals surface area contributed by atoms with Gasteiger partial charge in [0.05, 0.1) is 19.8 Å². The van der Waals surface area contributed by atoms with E-state index in [2.05, 4.69) is 5.32 Å². The lowest BCUT2D eigenvalue weighted by Gasteiger charge is -2.26. The van der Waals surface area contributed by atoms with Crippen LogP contribution in [0.5, 0.6) is 5.75 Å². The van der Waals surface area contributed by atoms with E-state index in [1.54, 1.807) is 14.0 Å². The van der Waals surface area contributed by atoms with Crippen LogP contribution in [0.15, 0.2) is 18.2 Å². The molecule has 0 aliphatic carbocycles. The number of carbonyl (C=O) groups excluding carboxylic acids is 1. The zero-order chi connectivity index (χ0) is 13.8. The number of carbonyl (C=O) groups is 1. The summed E-state index contributed by atoms with van der Waals surface area (Å²) in [6.45, 7) is 3.50. The Bertz CT molecular complexity index is 460. The molecule has 1 fully saturated rings. The SMILES string of the molecule is COc1cccc(N2CCCNC(=O)C2)c1[C@@H](C)O. The van der Waals surface area contributed by atoms with Gasteiger partial charge in [-0.05, 0) is 25.5 Å². The monoisotopic (exact) mass is 264 g/mol. The van der Waals surface area contributed by atoms with Crippen molar-refractivity contribution in [2.45, 2.75) is 19.4 Å². The maximum atomic E-state index is 11.7. The second kappa shape index (κ2) is 5.93. The van der Waals surface area contributed by atoms with Crippen molar-refractivity contribution in [1.82, 2.24) is 5.32 Å². The van der Waals surface area contributed by atoms with Crippen LogP contribution in [-0.2, 0) is 4.79 Å². The van der Waals surface area contributed by atoms with E-state index in [1.807, 2.05) is 23.1 Å². The minimum atomic E-state index is -0.641. The quantitative estimate of drug-likeness (QED) is 0.857. The van der Waals surface area contributed by atoms with E-state index >= 15 is 0 Å². The van der Waals surface area contributed by atoms with Gasteiger partial charge in [-0.15, -0.1) is 0 Å². The van der Waals surface area contributed by atoms with E-state index in [1.165, 1.54) is 0 Å². The first-order valence-corrected chi connectivity index (χ1v) is 6.50. The first-order valence-electron chi connectivity index (χ1n) is 6.50. The van der Waals surface area contributed by atoms with Crippen molar-refractivity contribution in [1.29, 1.82) is 0 Å². The van der Waals surface area contributed by atoms with Crippen LogP contribution >= 0.6 is 0 Å². The molecule has 0 aromatic heterocycles. The molecule has 5 nitrogen and oxygen atoms in total. The molecule has 1 saturated heterocycles. The number of rotatable bonds is 3. The molecule has 0 unspecified atom stereocenters. The highest BCUT2D eigenvalue weighted by atomic mass is 16.5. The number of aliphatic hydroxyl groups is 1. The van der Waals surface area contributed by atoms with E-state index in [0.29, 0.717) is 18.8 Å². The summed E-state index contributed by atoms with van der Waals surface area (Å²) in [7, 11) is 1.58. The summed E-state index contributed by atoms with van der Waals surface area (Å²) in [6, 6.07) is 5.62. The lowest BCUT2D eigenvalue weighted by Crippen LogP contribution is -2.33. The van der Waals surface area contributed by atoms with Crippen LogP contribution in [0, 0.1) is 0 Å². The zero-order valence-corrected chi connectivity index (χ0v) is 11.3. The molecule has 104 valence electrons. The van der Waals surface area contributed by atoms with Crippen LogP contribution in [0.2, 0.25) is 0 Å². The highest BCUT2D eigenvalue weighted by Crippen LogP contribution is 2.34. The molecular formula is C14H20N2O3. The van der Waals surface area contributed by atoms with Gasteiger partial charge in [-0.25, -0.2) is 0 Å². The number of nitrogens with zero attached hydrogens (tertiary/aromatic N) is 1. The summed E-state index contributed by atoms with van der Waals surface area (Å²) < 4.78 is 5.31. The largest absolute Gasteiger partial charge is 0.496 e. The molecular weight excluding hydrogens is 244 g/mol. The number of aliphatic hydroxyl groups excluding tert-OH is 1. The van der Waals surface area contributed by atoms with Crippen LogP contribution in [0.25, 0.3) is 0 Å². The molecule has 0 spiro atoms. The molecule has 1 amide bonds. The lowest BCUT2D eigenvalue weighted by molar-refractivity contribution is -0.119. The fourth-order valence-corrected chi connectivity index (χ4v) is 2.42. The predicted molar refractivity (Wildman–Crippen MR) is 73.5 cm³/mol. The summed E-state index contributed by atoms with van der Waals surface area (Å²) in [5.41, 5.74) is 1.60. The fraction of sp³-hybridized carbons (Fsp3) is 0.500. The van der Waals surface area contributed by atoms with E-state index in [0.717, 1.165) is 24.2 Å². The van der Waals surface area contributed by atoms with Crippen molar-refractivity contribution in [2.24, 2.45) is 0 Å². The van der Waals surface area contributed by atoms with Gasteiger partial charge < -0.3 is 20.1 Å². The van der Waals surface area contributed by atoms with E-state index in [-0.39, 0.29) is 5.91 Å². The Hall–Kier alpha value is -1.75. The minimum absolute atomic E-state index is 0.0110. The Balaban J connectivity index is 2.39. The van der Waals surface area contributed by atoms with Gasteiger partial charge in [-0.2, -0.15) is 0 Å². The molecule has 1 atom stereocenters. The normalized spacial score (nSPS) is 17.6. The summed E-state index contributed by atoms with van der Waals surface area (Å²) in [5.74, 6) is 0.661. The van der Waals surface area contributed by atoms with Crippen LogP contribution in [0.1, 0.15) is 25.0 Å². The van der Waals surface area contributed by atoms with Crippen molar-refractivity contribution in [2.75, 3.05) is 31.6 Å². The topological polar surface area (TPSA) is 61.8 Å². The number of hydrogen-bond acceptors (Lipinski definition) is 4. The number of benzene rings is 1. The molecule has 1 aromatic carbocycles. The van der Waals surface area contributed by atoms with Gasteiger partial charge in [0.2, 0.25) is 5.91 Å². The third kappa shape index (κ3) is 2.98. The Morgan fingerprint density at radius 1 is 1.47 bits per heavy atom. The average molecular weight is 264 g/mol. The molecule has 2 rings (SSSR count). The minimum Gasteiger partial charge on any atom is -0.496 e. The van der Waals surface area contributed by atoms with Gasteiger partial charge in [-0.3, -0.25) is 4.79 Å². The number of amides is 1. The highest BCUT2D eigenvalue weighted by Gasteiger charge is 2.21. The van der Waals surface area contributed by atoms with E-state index in [4.69, 9.17) is 4.74 Å². The van der Waals surface area contributed by atoms with Crippen molar-refractivity contribution in [3.63, 3.8) is 0 Å². The fourth-order valence-electron chi connectivity index (χ4n) is 2.42. The third-order valence-corrected chi connectivity index (χ3v) is 3.28. The van der Waals surface area contributed by atoms with Gasteiger partial charge >= 0.3 is 0 Å². The summed E-state index contributed by atoms with van der Waals surface area (Å²) in [4.78, 5) is 13.6. The van der Waals surface area contributed by atoms with Crippen LogP contribution in [-0.4, -0.2) is 37.8 Å². The number of methoxy groups -OCH3 is 1. The van der Waals surface area contributed by atoms with Gasteiger partial charge in [0.25, 0.3) is 0 Å². The first kappa shape index (κ1) is 13.7. The molecule has 1 aliphatic rings. The van der Waals surface area contributed by atoms with E-state index < -0.39 is 6.10 Å². The first-order chi connectivity index (χ1) is 9.13. The van der Waals surface area contributed by atoms with Crippen LogP contribution in [0.4, 0.5) is 5.69 Å². The zero-order valence-electron chi connectivity index (χ0n) is 11.3. The Morgan fingerprint density at radius 2 is 2.26 bits per heavy atom. The number of hydrogen-bond donors (Lipinski definition) is 2. The Morgan fingerprint density at radius 3 is 2.95 bits per heavy atom. The maximum absolute atomic E-state index is 11.7. The van der Waals surface area contributed by atoms with Gasteiger partial charge in [-0.1, -0.05) is 6.07 Å². The van der Waals surface area contributed by atoms with Crippen LogP contribution in [0.3, 0.4) is 0 Å².